The van der Waals surface area contributed by atoms with E-state index < -0.39 is 6.10 Å². The number of benzene rings is 3. The van der Waals surface area contributed by atoms with Crippen molar-refractivity contribution in [3.05, 3.63) is 83.9 Å². The summed E-state index contributed by atoms with van der Waals surface area (Å²) in [5.41, 5.74) is 1.78. The van der Waals surface area contributed by atoms with Gasteiger partial charge in [-0.2, -0.15) is 0 Å². The SMILES string of the molecule is CC(Oc1ccc(C(=O)c2ccccc2)cc1)C(=O)Nc1ccc2c(c1)OCCO2. The Morgan fingerprint density at radius 3 is 2.27 bits per heavy atom. The maximum absolute atomic E-state index is 12.5. The monoisotopic (exact) mass is 403 g/mol. The highest BCUT2D eigenvalue weighted by molar-refractivity contribution is 6.09. The average Bonchev–Trinajstić information content (AvgIpc) is 2.79. The molecule has 0 spiro atoms. The molecule has 30 heavy (non-hydrogen) atoms. The number of nitrogens with one attached hydrogen (secondary N) is 1. The first-order chi connectivity index (χ1) is 14.6. The Morgan fingerprint density at radius 2 is 1.53 bits per heavy atom. The molecule has 1 N–H and O–H groups in total. The number of carbonyl (C=O) groups excluding carboxylic acids is 2. The first-order valence-corrected chi connectivity index (χ1v) is 9.67. The molecule has 6 heteroatoms. The van der Waals surface area contributed by atoms with Crippen LogP contribution in [0.1, 0.15) is 22.8 Å². The lowest BCUT2D eigenvalue weighted by Crippen LogP contribution is -2.30. The summed E-state index contributed by atoms with van der Waals surface area (Å²) in [6.45, 7) is 2.66. The van der Waals surface area contributed by atoms with E-state index in [-0.39, 0.29) is 11.7 Å². The van der Waals surface area contributed by atoms with Crippen molar-refractivity contribution in [1.82, 2.24) is 0 Å². The molecule has 1 amide bonds. The molecule has 3 aromatic rings. The second kappa shape index (κ2) is 8.69. The van der Waals surface area contributed by atoms with E-state index in [0.29, 0.717) is 47.3 Å². The first-order valence-electron chi connectivity index (χ1n) is 9.67. The molecule has 0 radical (unpaired) electrons. The number of hydrogen-bond acceptors (Lipinski definition) is 5. The van der Waals surface area contributed by atoms with Crippen LogP contribution in [0.15, 0.2) is 72.8 Å². The van der Waals surface area contributed by atoms with Crippen LogP contribution in [0, 0.1) is 0 Å². The van der Waals surface area contributed by atoms with Crippen molar-refractivity contribution in [3.63, 3.8) is 0 Å². The number of hydrogen-bond donors (Lipinski definition) is 1. The third-order valence-corrected chi connectivity index (χ3v) is 4.64. The van der Waals surface area contributed by atoms with Crippen molar-refractivity contribution in [2.75, 3.05) is 18.5 Å². The minimum atomic E-state index is -0.728. The summed E-state index contributed by atoms with van der Waals surface area (Å²) in [6.07, 6.45) is -0.728. The van der Waals surface area contributed by atoms with Crippen molar-refractivity contribution in [3.8, 4) is 17.2 Å². The Kier molecular flexibility index (Phi) is 5.66. The van der Waals surface area contributed by atoms with Crippen LogP contribution in [0.4, 0.5) is 5.69 Å². The summed E-state index contributed by atoms with van der Waals surface area (Å²) in [5, 5.41) is 2.81. The van der Waals surface area contributed by atoms with Gasteiger partial charge in [0.05, 0.1) is 0 Å². The zero-order valence-electron chi connectivity index (χ0n) is 16.5. The van der Waals surface area contributed by atoms with Crippen LogP contribution in [-0.2, 0) is 4.79 Å². The third kappa shape index (κ3) is 4.43. The van der Waals surface area contributed by atoms with E-state index in [1.54, 1.807) is 61.5 Å². The molecule has 0 fully saturated rings. The second-order valence-electron chi connectivity index (χ2n) is 6.83. The van der Waals surface area contributed by atoms with Crippen LogP contribution in [0.5, 0.6) is 17.2 Å². The first kappa shape index (κ1) is 19.5. The molecule has 0 saturated carbocycles. The molecule has 3 aromatic carbocycles. The molecule has 0 aromatic heterocycles. The molecular weight excluding hydrogens is 382 g/mol. The quantitative estimate of drug-likeness (QED) is 0.628. The van der Waals surface area contributed by atoms with Gasteiger partial charge in [-0.15, -0.1) is 0 Å². The molecule has 1 unspecified atom stereocenters. The number of ketones is 1. The molecule has 1 aliphatic rings. The minimum Gasteiger partial charge on any atom is -0.486 e. The minimum absolute atomic E-state index is 0.0634. The number of fused-ring (bicyclic) bond motifs is 1. The molecule has 1 atom stereocenters. The number of carbonyl (C=O) groups is 2. The van der Waals surface area contributed by atoms with E-state index >= 15 is 0 Å². The molecule has 1 heterocycles. The zero-order valence-corrected chi connectivity index (χ0v) is 16.5. The highest BCUT2D eigenvalue weighted by Crippen LogP contribution is 2.32. The van der Waals surface area contributed by atoms with Crippen molar-refractivity contribution >= 4 is 17.4 Å². The van der Waals surface area contributed by atoms with Gasteiger partial charge in [0, 0.05) is 22.9 Å². The normalized spacial score (nSPS) is 13.2. The molecule has 152 valence electrons. The van der Waals surface area contributed by atoms with Crippen LogP contribution in [0.2, 0.25) is 0 Å². The highest BCUT2D eigenvalue weighted by Gasteiger charge is 2.18. The highest BCUT2D eigenvalue weighted by atomic mass is 16.6. The van der Waals surface area contributed by atoms with Crippen LogP contribution >= 0.6 is 0 Å². The van der Waals surface area contributed by atoms with E-state index in [1.165, 1.54) is 0 Å². The predicted molar refractivity (Wildman–Crippen MR) is 112 cm³/mol. The number of ether oxygens (including phenoxy) is 3. The van der Waals surface area contributed by atoms with Gasteiger partial charge in [-0.3, -0.25) is 9.59 Å². The standard InChI is InChI=1S/C24H21NO5/c1-16(24(27)25-19-9-12-21-22(15-19)29-14-13-28-21)30-20-10-7-18(8-11-20)23(26)17-5-3-2-4-6-17/h2-12,15-16H,13-14H2,1H3,(H,25,27). The molecule has 0 bridgehead atoms. The van der Waals surface area contributed by atoms with Crippen molar-refractivity contribution < 1.29 is 23.8 Å². The Bertz CT molecular complexity index is 1050. The number of anilines is 1. The van der Waals surface area contributed by atoms with Gasteiger partial charge in [-0.1, -0.05) is 30.3 Å². The lowest BCUT2D eigenvalue weighted by molar-refractivity contribution is -0.122. The summed E-state index contributed by atoms with van der Waals surface area (Å²) in [6, 6.07) is 21.1. The summed E-state index contributed by atoms with van der Waals surface area (Å²) < 4.78 is 16.7. The Labute approximate surface area is 174 Å². The average molecular weight is 403 g/mol. The largest absolute Gasteiger partial charge is 0.486 e. The van der Waals surface area contributed by atoms with E-state index in [0.717, 1.165) is 0 Å². The Balaban J connectivity index is 1.37. The molecule has 4 rings (SSSR count). The van der Waals surface area contributed by atoms with Gasteiger partial charge < -0.3 is 19.5 Å². The smallest absolute Gasteiger partial charge is 0.265 e. The van der Waals surface area contributed by atoms with Crippen molar-refractivity contribution in [2.45, 2.75) is 13.0 Å². The number of rotatable bonds is 6. The maximum atomic E-state index is 12.5. The fourth-order valence-corrected chi connectivity index (χ4v) is 3.06. The van der Waals surface area contributed by atoms with Crippen LogP contribution < -0.4 is 19.5 Å². The van der Waals surface area contributed by atoms with Gasteiger partial charge in [-0.05, 0) is 43.3 Å². The molecule has 6 nitrogen and oxygen atoms in total. The Hall–Kier alpha value is -3.80. The van der Waals surface area contributed by atoms with Crippen LogP contribution in [0.25, 0.3) is 0 Å². The fraction of sp³-hybridized carbons (Fsp3) is 0.167. The topological polar surface area (TPSA) is 73.9 Å². The van der Waals surface area contributed by atoms with E-state index in [1.807, 2.05) is 18.2 Å². The van der Waals surface area contributed by atoms with E-state index in [2.05, 4.69) is 5.32 Å². The van der Waals surface area contributed by atoms with Gasteiger partial charge >= 0.3 is 0 Å². The summed E-state index contributed by atoms with van der Waals surface area (Å²) >= 11 is 0. The van der Waals surface area contributed by atoms with Gasteiger partial charge in [-0.25, -0.2) is 0 Å². The van der Waals surface area contributed by atoms with Gasteiger partial charge in [0.25, 0.3) is 5.91 Å². The lowest BCUT2D eigenvalue weighted by Gasteiger charge is -2.19. The fourth-order valence-electron chi connectivity index (χ4n) is 3.06. The van der Waals surface area contributed by atoms with Crippen molar-refractivity contribution in [1.29, 1.82) is 0 Å². The summed E-state index contributed by atoms with van der Waals surface area (Å²) in [5.74, 6) is 1.41. The summed E-state index contributed by atoms with van der Waals surface area (Å²) in [7, 11) is 0. The maximum Gasteiger partial charge on any atom is 0.265 e. The molecule has 1 aliphatic heterocycles. The second-order valence-corrected chi connectivity index (χ2v) is 6.83. The number of amides is 1. The van der Waals surface area contributed by atoms with Gasteiger partial charge in [0.2, 0.25) is 0 Å². The summed E-state index contributed by atoms with van der Waals surface area (Å²) in [4.78, 5) is 25.0. The molecule has 0 saturated heterocycles. The predicted octanol–water partition coefficient (Wildman–Crippen LogP) is 4.09. The zero-order chi connectivity index (χ0) is 20.9. The molecular formula is C24H21NO5. The van der Waals surface area contributed by atoms with E-state index in [9.17, 15) is 9.59 Å². The van der Waals surface area contributed by atoms with Crippen LogP contribution in [0.3, 0.4) is 0 Å². The third-order valence-electron chi connectivity index (χ3n) is 4.64. The van der Waals surface area contributed by atoms with Crippen LogP contribution in [-0.4, -0.2) is 31.0 Å². The van der Waals surface area contributed by atoms with Gasteiger partial charge in [0.1, 0.15) is 19.0 Å². The van der Waals surface area contributed by atoms with E-state index in [4.69, 9.17) is 14.2 Å². The lowest BCUT2D eigenvalue weighted by atomic mass is 10.0. The van der Waals surface area contributed by atoms with Crippen molar-refractivity contribution in [2.24, 2.45) is 0 Å². The van der Waals surface area contributed by atoms with Gasteiger partial charge in [0.15, 0.2) is 23.4 Å². The Morgan fingerprint density at radius 1 is 0.867 bits per heavy atom. The molecule has 0 aliphatic carbocycles.